The predicted octanol–water partition coefficient (Wildman–Crippen LogP) is 1.58. The second-order valence-corrected chi connectivity index (χ2v) is 4.43. The lowest BCUT2D eigenvalue weighted by atomic mass is 9.79. The van der Waals surface area contributed by atoms with Crippen LogP contribution in [0, 0.1) is 0 Å². The second kappa shape index (κ2) is 4.84. The summed E-state index contributed by atoms with van der Waals surface area (Å²) in [5, 5.41) is 20.5. The van der Waals surface area contributed by atoms with E-state index in [0.717, 1.165) is 21.9 Å². The molecule has 2 aromatic carbocycles. The molecular weight excluding hydrogens is 237 g/mol. The molecule has 0 aliphatic heterocycles. The fourth-order valence-electron chi connectivity index (χ4n) is 2.15. The van der Waals surface area contributed by atoms with Crippen LogP contribution in [0.15, 0.2) is 60.9 Å². The van der Waals surface area contributed by atoms with Gasteiger partial charge in [0.05, 0.1) is 0 Å². The number of hydrogen-bond acceptors (Lipinski definition) is 3. The van der Waals surface area contributed by atoms with E-state index in [1.54, 1.807) is 24.5 Å². The molecule has 0 unspecified atom stereocenters. The van der Waals surface area contributed by atoms with E-state index in [1.807, 2.05) is 36.4 Å². The van der Waals surface area contributed by atoms with Crippen LogP contribution in [0.4, 0.5) is 0 Å². The van der Waals surface area contributed by atoms with Crippen molar-refractivity contribution >= 4 is 23.4 Å². The van der Waals surface area contributed by atoms with Gasteiger partial charge in [0.2, 0.25) is 0 Å². The fourth-order valence-corrected chi connectivity index (χ4v) is 2.15. The van der Waals surface area contributed by atoms with Gasteiger partial charge in [0.25, 0.3) is 0 Å². The van der Waals surface area contributed by atoms with Crippen molar-refractivity contribution < 1.29 is 10.0 Å². The summed E-state index contributed by atoms with van der Waals surface area (Å²) in [6, 6.07) is 15.4. The standard InChI is InChI=1S/C15H12BNO2/c18-16(19)15-4-3-11-1-2-13(9-14(11)10-15)12-5-7-17-8-6-12/h1-10,18-19H. The summed E-state index contributed by atoms with van der Waals surface area (Å²) in [5.41, 5.74) is 2.67. The van der Waals surface area contributed by atoms with Gasteiger partial charge < -0.3 is 10.0 Å². The molecule has 92 valence electrons. The average molecular weight is 249 g/mol. The van der Waals surface area contributed by atoms with Crippen molar-refractivity contribution in [2.45, 2.75) is 0 Å². The summed E-state index contributed by atoms with van der Waals surface area (Å²) in [6.07, 6.45) is 3.51. The number of rotatable bonds is 2. The SMILES string of the molecule is OB(O)c1ccc2ccc(-c3ccncc3)cc2c1. The van der Waals surface area contributed by atoms with Gasteiger partial charge in [0.1, 0.15) is 0 Å². The van der Waals surface area contributed by atoms with Crippen LogP contribution < -0.4 is 5.46 Å². The van der Waals surface area contributed by atoms with Crippen LogP contribution in [-0.2, 0) is 0 Å². The van der Waals surface area contributed by atoms with Crippen LogP contribution in [0.5, 0.6) is 0 Å². The number of fused-ring (bicyclic) bond motifs is 1. The molecule has 0 amide bonds. The molecule has 1 aromatic heterocycles. The zero-order valence-electron chi connectivity index (χ0n) is 10.2. The quantitative estimate of drug-likeness (QED) is 0.678. The molecular formula is C15H12BNO2. The van der Waals surface area contributed by atoms with E-state index in [9.17, 15) is 10.0 Å². The molecule has 0 aliphatic rings. The van der Waals surface area contributed by atoms with Crippen molar-refractivity contribution in [1.82, 2.24) is 4.98 Å². The third-order valence-electron chi connectivity index (χ3n) is 3.18. The molecule has 0 spiro atoms. The van der Waals surface area contributed by atoms with Gasteiger partial charge >= 0.3 is 7.12 Å². The minimum absolute atomic E-state index is 0.499. The maximum absolute atomic E-state index is 9.22. The average Bonchev–Trinajstić information content (AvgIpc) is 2.47. The zero-order valence-corrected chi connectivity index (χ0v) is 10.2. The van der Waals surface area contributed by atoms with Crippen LogP contribution in [0.25, 0.3) is 21.9 Å². The molecule has 4 heteroatoms. The van der Waals surface area contributed by atoms with E-state index in [-0.39, 0.29) is 0 Å². The maximum atomic E-state index is 9.22. The molecule has 3 rings (SSSR count). The Bertz CT molecular complexity index is 714. The molecule has 0 radical (unpaired) electrons. The van der Waals surface area contributed by atoms with Crippen molar-refractivity contribution in [2.24, 2.45) is 0 Å². The van der Waals surface area contributed by atoms with E-state index in [4.69, 9.17) is 0 Å². The van der Waals surface area contributed by atoms with Crippen LogP contribution in [-0.4, -0.2) is 22.2 Å². The molecule has 2 N–H and O–H groups in total. The Morgan fingerprint density at radius 3 is 2.21 bits per heavy atom. The predicted molar refractivity (Wildman–Crippen MR) is 77.0 cm³/mol. The Morgan fingerprint density at radius 2 is 1.47 bits per heavy atom. The number of benzene rings is 2. The van der Waals surface area contributed by atoms with Gasteiger partial charge in [-0.2, -0.15) is 0 Å². The summed E-state index contributed by atoms with van der Waals surface area (Å²) in [6.45, 7) is 0. The molecule has 19 heavy (non-hydrogen) atoms. The molecule has 0 bridgehead atoms. The van der Waals surface area contributed by atoms with Gasteiger partial charge in [-0.3, -0.25) is 4.98 Å². The van der Waals surface area contributed by atoms with Gasteiger partial charge in [-0.1, -0.05) is 30.3 Å². The van der Waals surface area contributed by atoms with Crippen molar-refractivity contribution in [3.05, 3.63) is 60.9 Å². The van der Waals surface area contributed by atoms with E-state index >= 15 is 0 Å². The second-order valence-electron chi connectivity index (χ2n) is 4.43. The molecule has 0 saturated carbocycles. The van der Waals surface area contributed by atoms with Crippen LogP contribution in [0.1, 0.15) is 0 Å². The highest BCUT2D eigenvalue weighted by Crippen LogP contribution is 2.23. The maximum Gasteiger partial charge on any atom is 0.488 e. The third kappa shape index (κ3) is 2.36. The highest BCUT2D eigenvalue weighted by molar-refractivity contribution is 6.58. The summed E-state index contributed by atoms with van der Waals surface area (Å²) in [7, 11) is -1.44. The minimum atomic E-state index is -1.44. The van der Waals surface area contributed by atoms with Crippen molar-refractivity contribution in [3.63, 3.8) is 0 Å². The molecule has 0 atom stereocenters. The summed E-state index contributed by atoms with van der Waals surface area (Å²) in [5.74, 6) is 0. The first-order valence-electron chi connectivity index (χ1n) is 6.04. The minimum Gasteiger partial charge on any atom is -0.423 e. The molecule has 3 nitrogen and oxygen atoms in total. The highest BCUT2D eigenvalue weighted by Gasteiger charge is 2.11. The van der Waals surface area contributed by atoms with E-state index in [1.165, 1.54) is 0 Å². The first kappa shape index (κ1) is 11.9. The Hall–Kier alpha value is -2.17. The Balaban J connectivity index is 2.14. The molecule has 1 heterocycles. The monoisotopic (exact) mass is 249 g/mol. The lowest BCUT2D eigenvalue weighted by Gasteiger charge is -2.06. The molecule has 0 aliphatic carbocycles. The van der Waals surface area contributed by atoms with E-state index < -0.39 is 7.12 Å². The van der Waals surface area contributed by atoms with Gasteiger partial charge in [0, 0.05) is 12.4 Å². The molecule has 0 fully saturated rings. The Morgan fingerprint density at radius 1 is 0.737 bits per heavy atom. The van der Waals surface area contributed by atoms with Crippen LogP contribution >= 0.6 is 0 Å². The Kier molecular flexibility index (Phi) is 3.03. The summed E-state index contributed by atoms with van der Waals surface area (Å²) in [4.78, 5) is 4.00. The third-order valence-corrected chi connectivity index (χ3v) is 3.18. The number of pyridine rings is 1. The Labute approximate surface area is 111 Å². The van der Waals surface area contributed by atoms with Crippen LogP contribution in [0.3, 0.4) is 0 Å². The zero-order chi connectivity index (χ0) is 13.2. The number of aromatic nitrogens is 1. The van der Waals surface area contributed by atoms with Crippen molar-refractivity contribution in [2.75, 3.05) is 0 Å². The largest absolute Gasteiger partial charge is 0.488 e. The van der Waals surface area contributed by atoms with Gasteiger partial charge in [0.15, 0.2) is 0 Å². The van der Waals surface area contributed by atoms with Crippen LogP contribution in [0.2, 0.25) is 0 Å². The molecule has 0 saturated heterocycles. The lowest BCUT2D eigenvalue weighted by Crippen LogP contribution is -2.29. The van der Waals surface area contributed by atoms with Gasteiger partial charge in [-0.25, -0.2) is 0 Å². The lowest BCUT2D eigenvalue weighted by molar-refractivity contribution is 0.426. The topological polar surface area (TPSA) is 53.4 Å². The van der Waals surface area contributed by atoms with Crippen molar-refractivity contribution in [1.29, 1.82) is 0 Å². The number of nitrogens with zero attached hydrogens (tertiary/aromatic N) is 1. The molecule has 3 aromatic rings. The summed E-state index contributed by atoms with van der Waals surface area (Å²) >= 11 is 0. The van der Waals surface area contributed by atoms with E-state index in [0.29, 0.717) is 5.46 Å². The first-order chi connectivity index (χ1) is 9.24. The van der Waals surface area contributed by atoms with Gasteiger partial charge in [-0.15, -0.1) is 0 Å². The first-order valence-corrected chi connectivity index (χ1v) is 6.04. The van der Waals surface area contributed by atoms with E-state index in [2.05, 4.69) is 4.98 Å². The number of hydrogen-bond donors (Lipinski definition) is 2. The highest BCUT2D eigenvalue weighted by atomic mass is 16.4. The summed E-state index contributed by atoms with van der Waals surface area (Å²) < 4.78 is 0. The fraction of sp³-hybridized carbons (Fsp3) is 0. The smallest absolute Gasteiger partial charge is 0.423 e. The van der Waals surface area contributed by atoms with Gasteiger partial charge in [-0.05, 0) is 45.6 Å². The normalized spacial score (nSPS) is 10.6. The van der Waals surface area contributed by atoms with Crippen molar-refractivity contribution in [3.8, 4) is 11.1 Å².